The molecule has 2 rings (SSSR count). The van der Waals surface area contributed by atoms with Crippen LogP contribution in [0.2, 0.25) is 0 Å². The zero-order valence-electron chi connectivity index (χ0n) is 10.1. The Bertz CT molecular complexity index is 540. The number of hydrogen-bond donors (Lipinski definition) is 2. The van der Waals surface area contributed by atoms with Crippen molar-refractivity contribution in [2.75, 3.05) is 6.54 Å². The molecule has 0 aromatic heterocycles. The minimum absolute atomic E-state index is 0.00846. The first kappa shape index (κ1) is 13.1. The summed E-state index contributed by atoms with van der Waals surface area (Å²) in [6.07, 6.45) is -0.489. The van der Waals surface area contributed by atoms with Gasteiger partial charge in [-0.3, -0.25) is 14.4 Å². The Hall–Kier alpha value is -2.37. The lowest BCUT2D eigenvalue weighted by molar-refractivity contribution is -0.140. The molecule has 6 nitrogen and oxygen atoms in total. The molecule has 1 aromatic carbocycles. The Morgan fingerprint density at radius 1 is 1.37 bits per heavy atom. The van der Waals surface area contributed by atoms with Crippen LogP contribution in [0.5, 0.6) is 5.75 Å². The number of phenolic OH excluding ortho intramolecular Hbond substituents is 1. The lowest BCUT2D eigenvalue weighted by atomic mass is 10.0. The Balaban J connectivity index is 2.33. The van der Waals surface area contributed by atoms with Crippen LogP contribution >= 0.6 is 0 Å². The summed E-state index contributed by atoms with van der Waals surface area (Å²) in [5.74, 6) is -1.67. The van der Waals surface area contributed by atoms with E-state index < -0.39 is 12.0 Å². The average molecular weight is 263 g/mol. The number of carbonyl (C=O) groups excluding carboxylic acids is 2. The summed E-state index contributed by atoms with van der Waals surface area (Å²) in [5, 5.41) is 18.4. The fraction of sp³-hybridized carbons (Fsp3) is 0.308. The molecule has 6 heteroatoms. The third kappa shape index (κ3) is 2.90. The lowest BCUT2D eigenvalue weighted by Gasteiger charge is -2.26. The van der Waals surface area contributed by atoms with Gasteiger partial charge in [0.05, 0.1) is 25.4 Å². The molecule has 1 atom stereocenters. The summed E-state index contributed by atoms with van der Waals surface area (Å²) in [7, 11) is 0. The van der Waals surface area contributed by atoms with Crippen molar-refractivity contribution < 1.29 is 24.6 Å². The molecule has 0 spiro atoms. The van der Waals surface area contributed by atoms with Gasteiger partial charge in [0.25, 0.3) is 0 Å². The molecule has 1 aliphatic heterocycles. The Morgan fingerprint density at radius 3 is 2.63 bits per heavy atom. The van der Waals surface area contributed by atoms with E-state index in [-0.39, 0.29) is 36.8 Å². The number of carboxylic acids is 1. The van der Waals surface area contributed by atoms with Crippen molar-refractivity contribution in [3.05, 3.63) is 29.8 Å². The second-order valence-corrected chi connectivity index (χ2v) is 4.45. The molecule has 1 aliphatic rings. The first-order valence-electron chi connectivity index (χ1n) is 5.79. The van der Waals surface area contributed by atoms with Crippen molar-refractivity contribution in [2.24, 2.45) is 0 Å². The number of Topliss-reactive ketones (excluding diaryl/α,β-unsaturated/α-hetero) is 1. The third-order valence-corrected chi connectivity index (χ3v) is 3.01. The molecular formula is C13H13NO5. The van der Waals surface area contributed by atoms with Crippen molar-refractivity contribution >= 4 is 17.7 Å². The van der Waals surface area contributed by atoms with E-state index in [0.29, 0.717) is 5.56 Å². The fourth-order valence-corrected chi connectivity index (χ4v) is 2.19. The van der Waals surface area contributed by atoms with E-state index in [1.165, 1.54) is 17.0 Å². The second-order valence-electron chi connectivity index (χ2n) is 4.45. The molecule has 0 bridgehead atoms. The number of rotatable bonds is 4. The van der Waals surface area contributed by atoms with Gasteiger partial charge >= 0.3 is 5.97 Å². The minimum atomic E-state index is -1.07. The molecular weight excluding hydrogens is 250 g/mol. The first-order valence-corrected chi connectivity index (χ1v) is 5.79. The van der Waals surface area contributed by atoms with Gasteiger partial charge in [-0.05, 0) is 17.7 Å². The summed E-state index contributed by atoms with van der Waals surface area (Å²) in [4.78, 5) is 35.2. The SMILES string of the molecule is O=C(O)CC(c1cccc(O)c1)N1CC(=O)CC1=O. The van der Waals surface area contributed by atoms with Crippen LogP contribution in [0.4, 0.5) is 0 Å². The van der Waals surface area contributed by atoms with Crippen molar-refractivity contribution in [3.8, 4) is 5.75 Å². The zero-order chi connectivity index (χ0) is 14.0. The molecule has 0 radical (unpaired) electrons. The molecule has 19 heavy (non-hydrogen) atoms. The van der Waals surface area contributed by atoms with Crippen LogP contribution < -0.4 is 0 Å². The van der Waals surface area contributed by atoms with Crippen LogP contribution in [0.15, 0.2) is 24.3 Å². The molecule has 1 aromatic rings. The van der Waals surface area contributed by atoms with Gasteiger partial charge in [0.15, 0.2) is 5.78 Å². The van der Waals surface area contributed by atoms with E-state index in [4.69, 9.17) is 5.11 Å². The summed E-state index contributed by atoms with van der Waals surface area (Å²) < 4.78 is 0. The predicted octanol–water partition coefficient (Wildman–Crippen LogP) is 0.709. The van der Waals surface area contributed by atoms with Crippen LogP contribution in [0.1, 0.15) is 24.4 Å². The summed E-state index contributed by atoms with van der Waals surface area (Å²) in [5.41, 5.74) is 0.505. The number of carboxylic acid groups (broad SMARTS) is 1. The Kier molecular flexibility index (Phi) is 3.50. The smallest absolute Gasteiger partial charge is 0.305 e. The number of phenols is 1. The van der Waals surface area contributed by atoms with Gasteiger partial charge in [0.1, 0.15) is 5.75 Å². The zero-order valence-corrected chi connectivity index (χ0v) is 10.1. The highest BCUT2D eigenvalue weighted by Crippen LogP contribution is 2.29. The highest BCUT2D eigenvalue weighted by molar-refractivity contribution is 6.05. The molecule has 0 saturated carbocycles. The summed E-state index contributed by atoms with van der Waals surface area (Å²) in [6.45, 7) is -0.0769. The van der Waals surface area contributed by atoms with Crippen molar-refractivity contribution in [3.63, 3.8) is 0 Å². The van der Waals surface area contributed by atoms with Crippen molar-refractivity contribution in [2.45, 2.75) is 18.9 Å². The van der Waals surface area contributed by atoms with Crippen LogP contribution in [0.25, 0.3) is 0 Å². The number of aromatic hydroxyl groups is 1. The highest BCUT2D eigenvalue weighted by Gasteiger charge is 2.35. The normalized spacial score (nSPS) is 16.7. The van der Waals surface area contributed by atoms with E-state index in [9.17, 15) is 19.5 Å². The molecule has 100 valence electrons. The first-order chi connectivity index (χ1) is 8.97. The standard InChI is InChI=1S/C13H13NO5/c15-9-3-1-2-8(4-9)11(6-13(18)19)14-7-10(16)5-12(14)17/h1-4,11,15H,5-7H2,(H,18,19). The molecule has 2 N–H and O–H groups in total. The lowest BCUT2D eigenvalue weighted by Crippen LogP contribution is -2.32. The number of nitrogens with zero attached hydrogens (tertiary/aromatic N) is 1. The van der Waals surface area contributed by atoms with Crippen LogP contribution in [-0.4, -0.2) is 39.3 Å². The van der Waals surface area contributed by atoms with Crippen LogP contribution in [0, 0.1) is 0 Å². The molecule has 1 heterocycles. The third-order valence-electron chi connectivity index (χ3n) is 3.01. The summed E-state index contributed by atoms with van der Waals surface area (Å²) in [6, 6.07) is 5.33. The number of aliphatic carboxylic acids is 1. The monoisotopic (exact) mass is 263 g/mol. The van der Waals surface area contributed by atoms with Gasteiger partial charge in [0.2, 0.25) is 5.91 Å². The van der Waals surface area contributed by atoms with Gasteiger partial charge in [-0.25, -0.2) is 0 Å². The maximum absolute atomic E-state index is 11.7. The van der Waals surface area contributed by atoms with Gasteiger partial charge in [-0.15, -0.1) is 0 Å². The summed E-state index contributed by atoms with van der Waals surface area (Å²) >= 11 is 0. The number of carbonyl (C=O) groups is 3. The maximum Gasteiger partial charge on any atom is 0.305 e. The maximum atomic E-state index is 11.7. The second kappa shape index (κ2) is 5.09. The van der Waals surface area contributed by atoms with E-state index in [1.54, 1.807) is 12.1 Å². The molecule has 0 aliphatic carbocycles. The quantitative estimate of drug-likeness (QED) is 0.780. The van der Waals surface area contributed by atoms with E-state index in [2.05, 4.69) is 0 Å². The Labute approximate surface area is 109 Å². The predicted molar refractivity (Wildman–Crippen MR) is 64.4 cm³/mol. The molecule has 1 fully saturated rings. The number of benzene rings is 1. The van der Waals surface area contributed by atoms with E-state index in [0.717, 1.165) is 0 Å². The number of hydrogen-bond acceptors (Lipinski definition) is 4. The fourth-order valence-electron chi connectivity index (χ4n) is 2.19. The Morgan fingerprint density at radius 2 is 2.11 bits per heavy atom. The van der Waals surface area contributed by atoms with Crippen molar-refractivity contribution in [1.82, 2.24) is 4.90 Å². The molecule has 1 unspecified atom stereocenters. The molecule has 1 saturated heterocycles. The van der Waals surface area contributed by atoms with E-state index in [1.807, 2.05) is 0 Å². The number of likely N-dealkylation sites (tertiary alicyclic amines) is 1. The van der Waals surface area contributed by atoms with Crippen LogP contribution in [-0.2, 0) is 14.4 Å². The van der Waals surface area contributed by atoms with Gasteiger partial charge in [-0.1, -0.05) is 12.1 Å². The number of ketones is 1. The largest absolute Gasteiger partial charge is 0.508 e. The molecule has 1 amide bonds. The topological polar surface area (TPSA) is 94.9 Å². The number of amides is 1. The van der Waals surface area contributed by atoms with Gasteiger partial charge < -0.3 is 15.1 Å². The van der Waals surface area contributed by atoms with Gasteiger partial charge in [-0.2, -0.15) is 0 Å². The van der Waals surface area contributed by atoms with Crippen LogP contribution in [0.3, 0.4) is 0 Å². The van der Waals surface area contributed by atoms with Crippen molar-refractivity contribution in [1.29, 1.82) is 0 Å². The highest BCUT2D eigenvalue weighted by atomic mass is 16.4. The van der Waals surface area contributed by atoms with Gasteiger partial charge in [0, 0.05) is 0 Å². The van der Waals surface area contributed by atoms with E-state index >= 15 is 0 Å². The minimum Gasteiger partial charge on any atom is -0.508 e. The average Bonchev–Trinajstić information content (AvgIpc) is 2.65.